The molecule has 1 saturated heterocycles. The molecule has 1 aliphatic heterocycles. The molecule has 1 heterocycles. The van der Waals surface area contributed by atoms with Crippen LogP contribution in [0.25, 0.3) is 0 Å². The zero-order valence-corrected chi connectivity index (χ0v) is 14.0. The van der Waals surface area contributed by atoms with E-state index in [1.54, 1.807) is 7.11 Å². The summed E-state index contributed by atoms with van der Waals surface area (Å²) in [5.74, 6) is 0.845. The second-order valence-corrected chi connectivity index (χ2v) is 6.10. The lowest BCUT2D eigenvalue weighted by molar-refractivity contribution is -0.133. The molecule has 0 aliphatic carbocycles. The average molecular weight is 318 g/mol. The van der Waals surface area contributed by atoms with E-state index < -0.39 is 0 Å². The minimum atomic E-state index is -0.0846. The van der Waals surface area contributed by atoms with Gasteiger partial charge in [-0.25, -0.2) is 0 Å². The highest BCUT2D eigenvalue weighted by molar-refractivity contribution is 5.85. The van der Waals surface area contributed by atoms with E-state index in [0.29, 0.717) is 6.42 Å². The van der Waals surface area contributed by atoms with E-state index in [-0.39, 0.29) is 24.3 Å². The summed E-state index contributed by atoms with van der Waals surface area (Å²) in [6.07, 6.45) is 3.69. The van der Waals surface area contributed by atoms with Crippen molar-refractivity contribution in [1.82, 2.24) is 10.2 Å². The highest BCUT2D eigenvalue weighted by Crippen LogP contribution is 2.21. The Hall–Kier alpha value is -2.04. The number of methoxy groups -OCH3 is 1. The molecule has 1 aliphatic rings. The van der Waals surface area contributed by atoms with Crippen LogP contribution in [0, 0.1) is 0 Å². The summed E-state index contributed by atoms with van der Waals surface area (Å²) in [5, 5.41) is 2.75. The summed E-state index contributed by atoms with van der Waals surface area (Å²) in [5.41, 5.74) is 1.09. The number of likely N-dealkylation sites (tertiary alicyclic amines) is 1. The molecule has 2 rings (SSSR count). The molecule has 0 bridgehead atoms. The average Bonchev–Trinajstić information content (AvgIpc) is 2.60. The third-order valence-corrected chi connectivity index (χ3v) is 4.32. The number of benzene rings is 1. The van der Waals surface area contributed by atoms with Gasteiger partial charge in [0.1, 0.15) is 5.75 Å². The number of hydrogen-bond donors (Lipinski definition) is 1. The zero-order valence-electron chi connectivity index (χ0n) is 14.0. The first-order valence-electron chi connectivity index (χ1n) is 8.28. The highest BCUT2D eigenvalue weighted by Gasteiger charge is 2.17. The van der Waals surface area contributed by atoms with Crippen LogP contribution in [-0.4, -0.2) is 43.5 Å². The van der Waals surface area contributed by atoms with Gasteiger partial charge in [-0.05, 0) is 42.9 Å². The summed E-state index contributed by atoms with van der Waals surface area (Å²) in [7, 11) is 1.63. The normalized spacial score (nSPS) is 15.8. The van der Waals surface area contributed by atoms with Gasteiger partial charge in [0.15, 0.2) is 0 Å². The predicted molar refractivity (Wildman–Crippen MR) is 89.5 cm³/mol. The fraction of sp³-hybridized carbons (Fsp3) is 0.556. The van der Waals surface area contributed by atoms with Crippen LogP contribution in [0.5, 0.6) is 5.75 Å². The molecule has 1 aromatic carbocycles. The molecule has 1 unspecified atom stereocenters. The zero-order chi connectivity index (χ0) is 16.7. The maximum atomic E-state index is 12.0. The lowest BCUT2D eigenvalue weighted by Gasteiger charge is -2.26. The maximum absolute atomic E-state index is 12.0. The Bertz CT molecular complexity index is 522. The molecule has 1 fully saturated rings. The van der Waals surface area contributed by atoms with Gasteiger partial charge >= 0.3 is 0 Å². The first kappa shape index (κ1) is 17.3. The maximum Gasteiger partial charge on any atom is 0.241 e. The van der Waals surface area contributed by atoms with E-state index in [9.17, 15) is 9.59 Å². The van der Waals surface area contributed by atoms with Crippen molar-refractivity contribution >= 4 is 11.8 Å². The second kappa shape index (κ2) is 8.56. The first-order chi connectivity index (χ1) is 11.1. The Morgan fingerprint density at radius 1 is 1.17 bits per heavy atom. The van der Waals surface area contributed by atoms with E-state index in [2.05, 4.69) is 5.32 Å². The molecule has 5 heteroatoms. The van der Waals surface area contributed by atoms with E-state index in [0.717, 1.165) is 37.2 Å². The van der Waals surface area contributed by atoms with Gasteiger partial charge in [-0.2, -0.15) is 0 Å². The lowest BCUT2D eigenvalue weighted by atomic mass is 9.97. The number of amides is 2. The van der Waals surface area contributed by atoms with Crippen LogP contribution >= 0.6 is 0 Å². The van der Waals surface area contributed by atoms with Crippen molar-refractivity contribution in [1.29, 1.82) is 0 Å². The van der Waals surface area contributed by atoms with Crippen molar-refractivity contribution in [2.75, 3.05) is 26.7 Å². The molecule has 5 nitrogen and oxygen atoms in total. The van der Waals surface area contributed by atoms with Crippen LogP contribution in [0.15, 0.2) is 24.3 Å². The number of piperidine rings is 1. The van der Waals surface area contributed by atoms with Crippen molar-refractivity contribution in [3.05, 3.63) is 29.8 Å². The van der Waals surface area contributed by atoms with Gasteiger partial charge in [0.25, 0.3) is 0 Å². The lowest BCUT2D eigenvalue weighted by Crippen LogP contribution is -2.42. The monoisotopic (exact) mass is 318 g/mol. The summed E-state index contributed by atoms with van der Waals surface area (Å²) < 4.78 is 5.13. The Kier molecular flexibility index (Phi) is 6.44. The Labute approximate surface area is 138 Å². The third kappa shape index (κ3) is 5.27. The van der Waals surface area contributed by atoms with Crippen LogP contribution in [0.1, 0.15) is 44.1 Å². The minimum absolute atomic E-state index is 0.0233. The molecule has 2 amide bonds. The number of hydrogen-bond acceptors (Lipinski definition) is 3. The van der Waals surface area contributed by atoms with Gasteiger partial charge in [0.2, 0.25) is 11.8 Å². The smallest absolute Gasteiger partial charge is 0.241 e. The number of ether oxygens (including phenoxy) is 1. The standard InChI is InChI=1S/C18H26N2O3/c1-14(15-6-8-16(23-2)9-7-15)12-17(21)19-13-18(22)20-10-4-3-5-11-20/h6-9,14H,3-5,10-13H2,1-2H3,(H,19,21). The fourth-order valence-electron chi connectivity index (χ4n) is 2.83. The molecule has 126 valence electrons. The largest absolute Gasteiger partial charge is 0.497 e. The Morgan fingerprint density at radius 2 is 1.83 bits per heavy atom. The number of rotatable bonds is 6. The van der Waals surface area contributed by atoms with Crippen LogP contribution < -0.4 is 10.1 Å². The summed E-state index contributed by atoms with van der Waals surface area (Å²) in [4.78, 5) is 25.9. The topological polar surface area (TPSA) is 58.6 Å². The van der Waals surface area contributed by atoms with Crippen LogP contribution in [-0.2, 0) is 9.59 Å². The van der Waals surface area contributed by atoms with E-state index in [1.165, 1.54) is 6.42 Å². The summed E-state index contributed by atoms with van der Waals surface area (Å²) in [6, 6.07) is 7.72. The SMILES string of the molecule is COc1ccc(C(C)CC(=O)NCC(=O)N2CCCCC2)cc1. The molecule has 1 atom stereocenters. The number of carbonyl (C=O) groups is 2. The van der Waals surface area contributed by atoms with Gasteiger partial charge < -0.3 is 15.0 Å². The van der Waals surface area contributed by atoms with Gasteiger partial charge in [-0.15, -0.1) is 0 Å². The van der Waals surface area contributed by atoms with Crippen molar-refractivity contribution in [2.45, 2.75) is 38.5 Å². The molecule has 0 aromatic heterocycles. The molecule has 0 saturated carbocycles. The van der Waals surface area contributed by atoms with Gasteiger partial charge in [0, 0.05) is 19.5 Å². The van der Waals surface area contributed by atoms with Crippen molar-refractivity contribution < 1.29 is 14.3 Å². The van der Waals surface area contributed by atoms with E-state index in [4.69, 9.17) is 4.74 Å². The van der Waals surface area contributed by atoms with Crippen molar-refractivity contribution in [3.8, 4) is 5.75 Å². The van der Waals surface area contributed by atoms with Gasteiger partial charge in [0.05, 0.1) is 13.7 Å². The molecule has 23 heavy (non-hydrogen) atoms. The Balaban J connectivity index is 1.75. The predicted octanol–water partition coefficient (Wildman–Crippen LogP) is 2.32. The molecular weight excluding hydrogens is 292 g/mol. The fourth-order valence-corrected chi connectivity index (χ4v) is 2.83. The minimum Gasteiger partial charge on any atom is -0.497 e. The molecule has 1 N–H and O–H groups in total. The van der Waals surface area contributed by atoms with Gasteiger partial charge in [-0.1, -0.05) is 19.1 Å². The van der Waals surface area contributed by atoms with Crippen molar-refractivity contribution in [2.24, 2.45) is 0 Å². The summed E-state index contributed by atoms with van der Waals surface area (Å²) in [6.45, 7) is 3.75. The Morgan fingerprint density at radius 3 is 2.43 bits per heavy atom. The highest BCUT2D eigenvalue weighted by atomic mass is 16.5. The molecule has 1 aromatic rings. The van der Waals surface area contributed by atoms with Gasteiger partial charge in [-0.3, -0.25) is 9.59 Å². The number of nitrogens with zero attached hydrogens (tertiary/aromatic N) is 1. The van der Waals surface area contributed by atoms with Crippen LogP contribution in [0.2, 0.25) is 0 Å². The number of carbonyl (C=O) groups excluding carboxylic acids is 2. The molecule has 0 radical (unpaired) electrons. The van der Waals surface area contributed by atoms with Crippen LogP contribution in [0.3, 0.4) is 0 Å². The second-order valence-electron chi connectivity index (χ2n) is 6.10. The number of nitrogens with one attached hydrogen (secondary N) is 1. The van der Waals surface area contributed by atoms with Crippen molar-refractivity contribution in [3.63, 3.8) is 0 Å². The van der Waals surface area contributed by atoms with Crippen LogP contribution in [0.4, 0.5) is 0 Å². The molecule has 0 spiro atoms. The molecular formula is C18H26N2O3. The quantitative estimate of drug-likeness (QED) is 0.876. The summed E-state index contributed by atoms with van der Waals surface area (Å²) >= 11 is 0. The first-order valence-corrected chi connectivity index (χ1v) is 8.28. The van der Waals surface area contributed by atoms with E-state index in [1.807, 2.05) is 36.1 Å². The third-order valence-electron chi connectivity index (χ3n) is 4.32. The van der Waals surface area contributed by atoms with E-state index >= 15 is 0 Å².